The minimum absolute atomic E-state index is 0.0270. The van der Waals surface area contributed by atoms with Crippen LogP contribution in [0.15, 0.2) is 83.8 Å². The van der Waals surface area contributed by atoms with Crippen molar-refractivity contribution in [3.05, 3.63) is 95.6 Å². The number of rotatable bonds is 6. The van der Waals surface area contributed by atoms with Crippen molar-refractivity contribution in [1.82, 2.24) is 5.32 Å². The molecule has 6 heteroatoms. The maximum absolute atomic E-state index is 13.2. The zero-order valence-electron chi connectivity index (χ0n) is 16.7. The highest BCUT2D eigenvalue weighted by atomic mass is 32.2. The predicted molar refractivity (Wildman–Crippen MR) is 116 cm³/mol. The van der Waals surface area contributed by atoms with E-state index in [9.17, 15) is 13.2 Å². The summed E-state index contributed by atoms with van der Waals surface area (Å²) < 4.78 is 27.6. The molecule has 0 saturated carbocycles. The van der Waals surface area contributed by atoms with Gasteiger partial charge in [0.2, 0.25) is 0 Å². The third-order valence-corrected chi connectivity index (χ3v) is 6.74. The molecule has 0 aromatic heterocycles. The molecule has 0 aliphatic carbocycles. The molecular weight excluding hydrogens is 384 g/mol. The fraction of sp³-hybridized carbons (Fsp3) is 0.174. The number of carbonyl (C=O) groups excluding carboxylic acids is 1. The largest absolute Gasteiger partial charge is 0.345 e. The van der Waals surface area contributed by atoms with E-state index in [0.29, 0.717) is 5.69 Å². The lowest BCUT2D eigenvalue weighted by atomic mass is 10.0. The number of aryl methyl sites for hydroxylation is 1. The summed E-state index contributed by atoms with van der Waals surface area (Å²) >= 11 is 0. The molecule has 150 valence electrons. The summed E-state index contributed by atoms with van der Waals surface area (Å²) in [4.78, 5) is 12.9. The highest BCUT2D eigenvalue weighted by Gasteiger charge is 2.27. The average Bonchev–Trinajstić information content (AvgIpc) is 2.74. The third-order valence-electron chi connectivity index (χ3n) is 4.89. The Kier molecular flexibility index (Phi) is 6.03. The standard InChI is InChI=1S/C23H24N2O3S/c1-17-11-7-8-14-20(17)18(2)24-23(26)21-15-9-10-16-22(21)29(27,28)25(3)19-12-5-4-6-13-19/h4-16,18H,1-3H3,(H,24,26). The Balaban J connectivity index is 1.92. The topological polar surface area (TPSA) is 66.5 Å². The number of benzene rings is 3. The first kappa shape index (κ1) is 20.6. The Morgan fingerprint density at radius 3 is 2.17 bits per heavy atom. The van der Waals surface area contributed by atoms with Crippen LogP contribution < -0.4 is 9.62 Å². The Bertz CT molecular complexity index is 1110. The highest BCUT2D eigenvalue weighted by molar-refractivity contribution is 7.92. The van der Waals surface area contributed by atoms with Crippen molar-refractivity contribution in [2.24, 2.45) is 0 Å². The summed E-state index contributed by atoms with van der Waals surface area (Å²) in [6.45, 7) is 3.86. The van der Waals surface area contributed by atoms with Gasteiger partial charge in [-0.05, 0) is 49.2 Å². The second-order valence-electron chi connectivity index (χ2n) is 6.86. The van der Waals surface area contributed by atoms with Crippen LogP contribution in [0.2, 0.25) is 0 Å². The average molecular weight is 409 g/mol. The highest BCUT2D eigenvalue weighted by Crippen LogP contribution is 2.25. The van der Waals surface area contributed by atoms with Crippen LogP contribution in [0.3, 0.4) is 0 Å². The minimum Gasteiger partial charge on any atom is -0.345 e. The normalized spacial score (nSPS) is 12.2. The molecule has 29 heavy (non-hydrogen) atoms. The van der Waals surface area contributed by atoms with Gasteiger partial charge in [0.1, 0.15) is 4.90 Å². The molecule has 1 atom stereocenters. The van der Waals surface area contributed by atoms with E-state index < -0.39 is 15.9 Å². The molecule has 0 spiro atoms. The molecule has 0 saturated heterocycles. The monoisotopic (exact) mass is 408 g/mol. The van der Waals surface area contributed by atoms with Gasteiger partial charge >= 0.3 is 0 Å². The smallest absolute Gasteiger partial charge is 0.264 e. The number of hydrogen-bond donors (Lipinski definition) is 1. The van der Waals surface area contributed by atoms with Gasteiger partial charge in [-0.2, -0.15) is 0 Å². The first-order valence-corrected chi connectivity index (χ1v) is 10.8. The van der Waals surface area contributed by atoms with E-state index >= 15 is 0 Å². The zero-order chi connectivity index (χ0) is 21.0. The number of nitrogens with zero attached hydrogens (tertiary/aromatic N) is 1. The van der Waals surface area contributed by atoms with Crippen molar-refractivity contribution in [3.8, 4) is 0 Å². The lowest BCUT2D eigenvalue weighted by Crippen LogP contribution is -2.32. The number of anilines is 1. The SMILES string of the molecule is Cc1ccccc1C(C)NC(=O)c1ccccc1S(=O)(=O)N(C)c1ccccc1. The molecule has 1 amide bonds. The Morgan fingerprint density at radius 1 is 0.897 bits per heavy atom. The van der Waals surface area contributed by atoms with Crippen molar-refractivity contribution in [1.29, 1.82) is 0 Å². The summed E-state index contributed by atoms with van der Waals surface area (Å²) in [5.41, 5.74) is 2.69. The molecule has 0 aliphatic heterocycles. The van der Waals surface area contributed by atoms with Crippen LogP contribution >= 0.6 is 0 Å². The van der Waals surface area contributed by atoms with Crippen LogP contribution in [0.1, 0.15) is 34.5 Å². The predicted octanol–water partition coefficient (Wildman–Crippen LogP) is 4.31. The summed E-state index contributed by atoms with van der Waals surface area (Å²) in [5, 5.41) is 2.92. The third kappa shape index (κ3) is 4.32. The van der Waals surface area contributed by atoms with E-state index in [2.05, 4.69) is 5.32 Å². The quantitative estimate of drug-likeness (QED) is 0.661. The molecule has 1 N–H and O–H groups in total. The molecule has 0 radical (unpaired) electrons. The molecule has 5 nitrogen and oxygen atoms in total. The van der Waals surface area contributed by atoms with E-state index in [1.54, 1.807) is 36.4 Å². The number of para-hydroxylation sites is 1. The van der Waals surface area contributed by atoms with E-state index in [1.165, 1.54) is 23.5 Å². The number of sulfonamides is 1. The van der Waals surface area contributed by atoms with Crippen LogP contribution in [0.4, 0.5) is 5.69 Å². The molecule has 1 unspecified atom stereocenters. The van der Waals surface area contributed by atoms with Crippen LogP contribution in [-0.4, -0.2) is 21.4 Å². The number of carbonyl (C=O) groups is 1. The molecule has 0 aliphatic rings. The van der Waals surface area contributed by atoms with Crippen molar-refractivity contribution in [2.45, 2.75) is 24.8 Å². The Hall–Kier alpha value is -3.12. The van der Waals surface area contributed by atoms with Gasteiger partial charge in [-0.3, -0.25) is 9.10 Å². The second kappa shape index (κ2) is 8.49. The van der Waals surface area contributed by atoms with Gasteiger partial charge in [-0.1, -0.05) is 54.6 Å². The van der Waals surface area contributed by atoms with Crippen LogP contribution in [0.25, 0.3) is 0 Å². The summed E-state index contributed by atoms with van der Waals surface area (Å²) in [7, 11) is -2.42. The van der Waals surface area contributed by atoms with E-state index in [1.807, 2.05) is 44.2 Å². The first-order valence-electron chi connectivity index (χ1n) is 9.32. The molecular formula is C23H24N2O3S. The molecule has 0 heterocycles. The van der Waals surface area contributed by atoms with Crippen molar-refractivity contribution < 1.29 is 13.2 Å². The van der Waals surface area contributed by atoms with Crippen LogP contribution in [0.5, 0.6) is 0 Å². The molecule has 3 aromatic carbocycles. The number of amides is 1. The molecule has 3 aromatic rings. The van der Waals surface area contributed by atoms with Gasteiger partial charge in [0.25, 0.3) is 15.9 Å². The zero-order valence-corrected chi connectivity index (χ0v) is 17.5. The number of nitrogens with one attached hydrogen (secondary N) is 1. The fourth-order valence-corrected chi connectivity index (χ4v) is 4.61. The second-order valence-corrected chi connectivity index (χ2v) is 8.79. The van der Waals surface area contributed by atoms with Crippen molar-refractivity contribution in [3.63, 3.8) is 0 Å². The van der Waals surface area contributed by atoms with Crippen LogP contribution in [-0.2, 0) is 10.0 Å². The molecule has 0 bridgehead atoms. The number of hydrogen-bond acceptors (Lipinski definition) is 3. The van der Waals surface area contributed by atoms with Gasteiger partial charge in [0.05, 0.1) is 17.3 Å². The van der Waals surface area contributed by atoms with Gasteiger partial charge in [0.15, 0.2) is 0 Å². The summed E-state index contributed by atoms with van der Waals surface area (Å²) in [5.74, 6) is -0.429. The minimum atomic E-state index is -3.90. The van der Waals surface area contributed by atoms with Gasteiger partial charge < -0.3 is 5.32 Å². The van der Waals surface area contributed by atoms with E-state index in [-0.39, 0.29) is 16.5 Å². The lowest BCUT2D eigenvalue weighted by molar-refractivity contribution is 0.0936. The van der Waals surface area contributed by atoms with Gasteiger partial charge in [0, 0.05) is 7.05 Å². The summed E-state index contributed by atoms with van der Waals surface area (Å²) in [6, 6.07) is 22.6. The first-order chi connectivity index (χ1) is 13.8. The van der Waals surface area contributed by atoms with E-state index in [0.717, 1.165) is 11.1 Å². The van der Waals surface area contributed by atoms with Gasteiger partial charge in [-0.25, -0.2) is 8.42 Å². The van der Waals surface area contributed by atoms with Gasteiger partial charge in [-0.15, -0.1) is 0 Å². The van der Waals surface area contributed by atoms with Crippen LogP contribution in [0, 0.1) is 6.92 Å². The molecule has 3 rings (SSSR count). The molecule has 0 fully saturated rings. The van der Waals surface area contributed by atoms with Crippen molar-refractivity contribution in [2.75, 3.05) is 11.4 Å². The maximum atomic E-state index is 13.2. The Labute approximate surface area is 172 Å². The van der Waals surface area contributed by atoms with Crippen molar-refractivity contribution >= 4 is 21.6 Å². The summed E-state index contributed by atoms with van der Waals surface area (Å²) in [6.07, 6.45) is 0. The Morgan fingerprint density at radius 2 is 1.48 bits per heavy atom. The lowest BCUT2D eigenvalue weighted by Gasteiger charge is -2.22. The van der Waals surface area contributed by atoms with E-state index in [4.69, 9.17) is 0 Å². The maximum Gasteiger partial charge on any atom is 0.264 e. The fourth-order valence-electron chi connectivity index (χ4n) is 3.23.